The molecule has 0 aromatic heterocycles. The molecule has 1 aliphatic heterocycles. The third-order valence-electron chi connectivity index (χ3n) is 4.33. The van der Waals surface area contributed by atoms with Crippen molar-refractivity contribution in [1.29, 1.82) is 0 Å². The van der Waals surface area contributed by atoms with Gasteiger partial charge in [0.05, 0.1) is 11.4 Å². The number of carbonyl (C=O) groups is 1. The molecule has 0 N–H and O–H groups in total. The molecule has 29 heavy (non-hydrogen) atoms. The maximum absolute atomic E-state index is 14.0. The number of amidine groups is 1. The Labute approximate surface area is 178 Å². The number of hydrogen-bond donors (Lipinski definition) is 0. The second kappa shape index (κ2) is 8.83. The minimum absolute atomic E-state index is 0.109. The van der Waals surface area contributed by atoms with Gasteiger partial charge in [-0.05, 0) is 36.4 Å². The van der Waals surface area contributed by atoms with E-state index in [1.54, 1.807) is 6.07 Å². The van der Waals surface area contributed by atoms with Crippen LogP contribution in [-0.4, -0.2) is 55.9 Å². The van der Waals surface area contributed by atoms with Crippen molar-refractivity contribution >= 4 is 44.5 Å². The fourth-order valence-electron chi connectivity index (χ4n) is 2.68. The van der Waals surface area contributed by atoms with Crippen LogP contribution in [0.25, 0.3) is 0 Å². The highest BCUT2D eigenvalue weighted by Crippen LogP contribution is 2.27. The van der Waals surface area contributed by atoms with Gasteiger partial charge in [0.15, 0.2) is 5.17 Å². The maximum atomic E-state index is 14.0. The van der Waals surface area contributed by atoms with Gasteiger partial charge in [0.25, 0.3) is 5.91 Å². The van der Waals surface area contributed by atoms with Crippen LogP contribution in [0.5, 0.6) is 0 Å². The normalized spacial score (nSPS) is 14.4. The lowest BCUT2D eigenvalue weighted by atomic mass is 10.2. The number of hydrogen-bond acceptors (Lipinski definition) is 5. The summed E-state index contributed by atoms with van der Waals surface area (Å²) in [5.41, 5.74) is 0.709. The van der Waals surface area contributed by atoms with Crippen molar-refractivity contribution in [2.75, 3.05) is 27.2 Å². The molecular weight excluding hydrogens is 437 g/mol. The molecule has 0 radical (unpaired) electrons. The quantitative estimate of drug-likeness (QED) is 0.692. The third-order valence-corrected chi connectivity index (χ3v) is 7.56. The van der Waals surface area contributed by atoms with Gasteiger partial charge in [0, 0.05) is 42.5 Å². The number of amides is 1. The average molecular weight is 456 g/mol. The first-order chi connectivity index (χ1) is 13.7. The molecule has 0 saturated heterocycles. The van der Waals surface area contributed by atoms with E-state index in [2.05, 4.69) is 4.99 Å². The zero-order valence-electron chi connectivity index (χ0n) is 15.8. The summed E-state index contributed by atoms with van der Waals surface area (Å²) in [7, 11) is -0.674. The molecule has 154 valence electrons. The molecule has 0 unspecified atom stereocenters. The Morgan fingerprint density at radius 1 is 1.24 bits per heavy atom. The fourth-order valence-corrected chi connectivity index (χ4v) is 4.97. The summed E-state index contributed by atoms with van der Waals surface area (Å²) in [4.78, 5) is 18.8. The molecule has 1 heterocycles. The van der Waals surface area contributed by atoms with E-state index in [4.69, 9.17) is 11.6 Å². The predicted octanol–water partition coefficient (Wildman–Crippen LogP) is 3.47. The van der Waals surface area contributed by atoms with Crippen molar-refractivity contribution in [2.45, 2.75) is 10.6 Å². The van der Waals surface area contributed by atoms with Crippen LogP contribution in [0.2, 0.25) is 5.02 Å². The topological polar surface area (TPSA) is 70.1 Å². The van der Waals surface area contributed by atoms with Crippen LogP contribution >= 0.6 is 23.4 Å². The van der Waals surface area contributed by atoms with E-state index < -0.39 is 15.8 Å². The summed E-state index contributed by atoms with van der Waals surface area (Å²) in [6, 6.07) is 10.3. The first-order valence-corrected chi connectivity index (χ1v) is 11.5. The number of sulfonamides is 1. The molecule has 6 nitrogen and oxygen atoms in total. The maximum Gasteiger partial charge on any atom is 0.259 e. The van der Waals surface area contributed by atoms with Crippen molar-refractivity contribution in [3.05, 3.63) is 64.4 Å². The number of carbonyl (C=O) groups excluding carboxylic acids is 1. The van der Waals surface area contributed by atoms with Crippen LogP contribution in [-0.2, 0) is 15.8 Å². The van der Waals surface area contributed by atoms with Crippen molar-refractivity contribution in [3.8, 4) is 0 Å². The van der Waals surface area contributed by atoms with Crippen LogP contribution in [0.1, 0.15) is 15.9 Å². The Balaban J connectivity index is 1.73. The van der Waals surface area contributed by atoms with Gasteiger partial charge in [-0.1, -0.05) is 29.4 Å². The van der Waals surface area contributed by atoms with Crippen molar-refractivity contribution in [3.63, 3.8) is 0 Å². The van der Waals surface area contributed by atoms with Gasteiger partial charge in [-0.3, -0.25) is 14.7 Å². The second-order valence-corrected chi connectivity index (χ2v) is 9.92. The number of thioether (sulfide) groups is 1. The minimum Gasteiger partial charge on any atom is -0.286 e. The molecule has 0 fully saturated rings. The molecule has 0 bridgehead atoms. The van der Waals surface area contributed by atoms with E-state index in [1.165, 1.54) is 67.2 Å². The van der Waals surface area contributed by atoms with Crippen molar-refractivity contribution in [1.82, 2.24) is 9.21 Å². The van der Waals surface area contributed by atoms with Crippen LogP contribution in [0, 0.1) is 5.82 Å². The van der Waals surface area contributed by atoms with Gasteiger partial charge in [-0.2, -0.15) is 0 Å². The van der Waals surface area contributed by atoms with E-state index in [-0.39, 0.29) is 16.6 Å². The highest BCUT2D eigenvalue weighted by molar-refractivity contribution is 8.13. The van der Waals surface area contributed by atoms with Gasteiger partial charge in [-0.25, -0.2) is 17.1 Å². The Morgan fingerprint density at radius 3 is 2.55 bits per heavy atom. The molecule has 0 spiro atoms. The van der Waals surface area contributed by atoms with Gasteiger partial charge in [0.1, 0.15) is 5.82 Å². The molecule has 10 heteroatoms. The highest BCUT2D eigenvalue weighted by Gasteiger charge is 2.26. The highest BCUT2D eigenvalue weighted by atomic mass is 35.5. The van der Waals surface area contributed by atoms with Crippen molar-refractivity contribution in [2.24, 2.45) is 4.99 Å². The van der Waals surface area contributed by atoms with E-state index in [0.29, 0.717) is 34.4 Å². The lowest BCUT2D eigenvalue weighted by Gasteiger charge is -2.18. The first-order valence-electron chi connectivity index (χ1n) is 8.66. The Bertz CT molecular complexity index is 1040. The molecule has 0 atom stereocenters. The Kier molecular flexibility index (Phi) is 6.62. The number of aliphatic imine (C=N–C) groups is 1. The smallest absolute Gasteiger partial charge is 0.259 e. The molecule has 0 saturated carbocycles. The number of benzene rings is 2. The lowest BCUT2D eigenvalue weighted by molar-refractivity contribution is 0.0860. The van der Waals surface area contributed by atoms with Gasteiger partial charge in [-0.15, -0.1) is 0 Å². The fraction of sp³-hybridized carbons (Fsp3) is 0.263. The summed E-state index contributed by atoms with van der Waals surface area (Å²) < 4.78 is 39.4. The summed E-state index contributed by atoms with van der Waals surface area (Å²) in [6.07, 6.45) is 0. The van der Waals surface area contributed by atoms with Gasteiger partial charge in [0.2, 0.25) is 10.0 Å². The van der Waals surface area contributed by atoms with Gasteiger partial charge >= 0.3 is 0 Å². The second-order valence-electron chi connectivity index (χ2n) is 6.42. The number of halogens is 2. The van der Waals surface area contributed by atoms with Gasteiger partial charge < -0.3 is 0 Å². The van der Waals surface area contributed by atoms with Crippen LogP contribution < -0.4 is 0 Å². The van der Waals surface area contributed by atoms with E-state index in [1.807, 2.05) is 0 Å². The monoisotopic (exact) mass is 455 g/mol. The van der Waals surface area contributed by atoms with E-state index in [9.17, 15) is 17.6 Å². The first kappa shape index (κ1) is 21.8. The summed E-state index contributed by atoms with van der Waals surface area (Å²) in [5.74, 6) is -0.449. The molecule has 2 aromatic carbocycles. The third kappa shape index (κ3) is 4.63. The summed E-state index contributed by atoms with van der Waals surface area (Å²) in [5, 5.41) is 0.811. The standard InChI is InChI=1S/C19H19ClFN3O3S2/c1-23(2)29(26,27)14-8-6-13(7-9-14)18(25)24-11-10-22-19(24)28-12-15-16(20)4-3-5-17(15)21/h3-9H,10-12H2,1-2H3. The Morgan fingerprint density at radius 2 is 1.93 bits per heavy atom. The molecular formula is C19H19ClFN3O3S2. The van der Waals surface area contributed by atoms with Crippen LogP contribution in [0.4, 0.5) is 4.39 Å². The van der Waals surface area contributed by atoms with E-state index in [0.717, 1.165) is 4.31 Å². The zero-order valence-corrected chi connectivity index (χ0v) is 18.2. The zero-order chi connectivity index (χ0) is 21.2. The number of rotatable bonds is 5. The molecule has 3 rings (SSSR count). The van der Waals surface area contributed by atoms with Crippen molar-refractivity contribution < 1.29 is 17.6 Å². The number of nitrogens with zero attached hydrogens (tertiary/aromatic N) is 3. The van der Waals surface area contributed by atoms with E-state index >= 15 is 0 Å². The summed E-state index contributed by atoms with van der Waals surface area (Å²) in [6.45, 7) is 0.857. The molecule has 1 amide bonds. The summed E-state index contributed by atoms with van der Waals surface area (Å²) >= 11 is 7.29. The average Bonchev–Trinajstić information content (AvgIpc) is 3.15. The minimum atomic E-state index is -3.56. The molecule has 0 aliphatic carbocycles. The van der Waals surface area contributed by atoms with Crippen LogP contribution in [0.3, 0.4) is 0 Å². The molecule has 1 aliphatic rings. The molecule has 2 aromatic rings. The Hall–Kier alpha value is -1.94. The van der Waals surface area contributed by atoms with Crippen LogP contribution in [0.15, 0.2) is 52.4 Å². The lowest BCUT2D eigenvalue weighted by Crippen LogP contribution is -2.33. The largest absolute Gasteiger partial charge is 0.286 e. The predicted molar refractivity (Wildman–Crippen MR) is 113 cm³/mol. The SMILES string of the molecule is CN(C)S(=O)(=O)c1ccc(C(=O)N2CCN=C2SCc2c(F)cccc2Cl)cc1.